The third-order valence-electron chi connectivity index (χ3n) is 7.10. The highest BCUT2D eigenvalue weighted by atomic mass is 19.1. The number of piperidine rings is 1. The molecule has 6 rings (SSSR count). The van der Waals surface area contributed by atoms with Gasteiger partial charge >= 0.3 is 0 Å². The zero-order valence-electron chi connectivity index (χ0n) is 21.0. The number of phenolic OH excluding ortho intramolecular Hbond substituents is 1. The van der Waals surface area contributed by atoms with Gasteiger partial charge in [-0.05, 0) is 36.6 Å². The van der Waals surface area contributed by atoms with Crippen LogP contribution in [0.5, 0.6) is 5.75 Å². The number of para-hydroxylation sites is 1. The van der Waals surface area contributed by atoms with E-state index in [9.17, 15) is 19.1 Å². The molecule has 0 unspecified atom stereocenters. The molecule has 1 aliphatic heterocycles. The van der Waals surface area contributed by atoms with E-state index in [1.165, 1.54) is 18.2 Å². The van der Waals surface area contributed by atoms with Crippen LogP contribution in [0.1, 0.15) is 18.4 Å². The Morgan fingerprint density at radius 3 is 2.46 bits per heavy atom. The summed E-state index contributed by atoms with van der Waals surface area (Å²) in [5.41, 5.74) is 9.41. The number of nitrogens with zero attached hydrogens (tertiary/aromatic N) is 7. The maximum atomic E-state index is 14.4. The Bertz CT molecular complexity index is 1740. The van der Waals surface area contributed by atoms with E-state index in [0.717, 1.165) is 18.9 Å². The van der Waals surface area contributed by atoms with Crippen LogP contribution in [0.15, 0.2) is 55.0 Å². The van der Waals surface area contributed by atoms with Gasteiger partial charge in [-0.15, -0.1) is 5.10 Å². The molecule has 4 heterocycles. The number of pyridine rings is 1. The van der Waals surface area contributed by atoms with Crippen LogP contribution in [0.3, 0.4) is 0 Å². The zero-order valence-corrected chi connectivity index (χ0v) is 21.0. The second-order valence-corrected chi connectivity index (χ2v) is 9.68. The maximum Gasteiger partial charge on any atom is 0.180 e. The average Bonchev–Trinajstić information content (AvgIpc) is 3.52. The molecule has 0 amide bonds. The van der Waals surface area contributed by atoms with E-state index in [2.05, 4.69) is 15.2 Å². The SMILES string of the molecule is Cn1cc(-n2cc(-c3cccc(C#N)c3O)c3c(N4CCC(N)CC4)c(-c4cc(F)cc(F)c4)cnc32)nn1. The van der Waals surface area contributed by atoms with Crippen LogP contribution >= 0.6 is 0 Å². The number of phenols is 1. The molecular weight excluding hydrogens is 502 g/mol. The van der Waals surface area contributed by atoms with Gasteiger partial charge in [0, 0.05) is 61.3 Å². The van der Waals surface area contributed by atoms with Crippen molar-refractivity contribution in [2.75, 3.05) is 18.0 Å². The molecule has 0 bridgehead atoms. The largest absolute Gasteiger partial charge is 0.506 e. The van der Waals surface area contributed by atoms with Crippen molar-refractivity contribution < 1.29 is 13.9 Å². The van der Waals surface area contributed by atoms with Crippen molar-refractivity contribution in [3.05, 3.63) is 72.2 Å². The first-order valence-electron chi connectivity index (χ1n) is 12.4. The fraction of sp³-hybridized carbons (Fsp3) is 0.214. The van der Waals surface area contributed by atoms with Crippen LogP contribution < -0.4 is 10.6 Å². The summed E-state index contributed by atoms with van der Waals surface area (Å²) < 4.78 is 32.1. The van der Waals surface area contributed by atoms with Crippen LogP contribution in [0.2, 0.25) is 0 Å². The monoisotopic (exact) mass is 526 g/mol. The summed E-state index contributed by atoms with van der Waals surface area (Å²) in [5, 5.41) is 29.6. The molecule has 5 aromatic rings. The molecule has 0 spiro atoms. The second-order valence-electron chi connectivity index (χ2n) is 9.68. The number of rotatable bonds is 4. The number of aromatic hydroxyl groups is 1. The van der Waals surface area contributed by atoms with E-state index in [0.29, 0.717) is 57.9 Å². The predicted octanol–water partition coefficient (Wildman–Crippen LogP) is 4.27. The fourth-order valence-electron chi connectivity index (χ4n) is 5.22. The number of anilines is 1. The fourth-order valence-corrected chi connectivity index (χ4v) is 5.22. The van der Waals surface area contributed by atoms with Gasteiger partial charge in [-0.2, -0.15) is 5.26 Å². The van der Waals surface area contributed by atoms with Crippen LogP contribution in [-0.2, 0) is 7.05 Å². The lowest BCUT2D eigenvalue weighted by Crippen LogP contribution is -2.40. The molecule has 3 N–H and O–H groups in total. The molecule has 9 nitrogen and oxygen atoms in total. The molecule has 2 aromatic carbocycles. The molecular formula is C28H24F2N8O. The highest BCUT2D eigenvalue weighted by molar-refractivity contribution is 6.09. The molecule has 0 radical (unpaired) electrons. The quantitative estimate of drug-likeness (QED) is 0.359. The average molecular weight is 527 g/mol. The molecule has 3 aromatic heterocycles. The smallest absolute Gasteiger partial charge is 0.180 e. The highest BCUT2D eigenvalue weighted by Gasteiger charge is 2.28. The summed E-state index contributed by atoms with van der Waals surface area (Å²) in [4.78, 5) is 6.87. The molecule has 1 fully saturated rings. The maximum absolute atomic E-state index is 14.4. The van der Waals surface area contributed by atoms with E-state index in [1.54, 1.807) is 47.0 Å². The first-order chi connectivity index (χ1) is 18.8. The van der Waals surface area contributed by atoms with Gasteiger partial charge in [0.25, 0.3) is 0 Å². The molecule has 0 atom stereocenters. The normalized spacial score (nSPS) is 14.2. The number of hydrogen-bond acceptors (Lipinski definition) is 7. The summed E-state index contributed by atoms with van der Waals surface area (Å²) in [7, 11) is 1.75. The van der Waals surface area contributed by atoms with Gasteiger partial charge in [0.1, 0.15) is 29.1 Å². The van der Waals surface area contributed by atoms with E-state index < -0.39 is 11.6 Å². The number of aromatic nitrogens is 5. The topological polar surface area (TPSA) is 122 Å². The third-order valence-corrected chi connectivity index (χ3v) is 7.10. The lowest BCUT2D eigenvalue weighted by molar-refractivity contribution is 0.475. The minimum Gasteiger partial charge on any atom is -0.506 e. The minimum atomic E-state index is -0.701. The van der Waals surface area contributed by atoms with Crippen LogP contribution in [0.4, 0.5) is 14.5 Å². The van der Waals surface area contributed by atoms with E-state index in [-0.39, 0.29) is 17.4 Å². The Kier molecular flexibility index (Phi) is 5.96. The number of hydrogen-bond donors (Lipinski definition) is 2. The Morgan fingerprint density at radius 1 is 1.05 bits per heavy atom. The highest BCUT2D eigenvalue weighted by Crippen LogP contribution is 2.46. The van der Waals surface area contributed by atoms with Crippen molar-refractivity contribution >= 4 is 16.7 Å². The van der Waals surface area contributed by atoms with Crippen LogP contribution in [0.25, 0.3) is 39.1 Å². The van der Waals surface area contributed by atoms with Crippen LogP contribution in [0, 0.1) is 23.0 Å². The summed E-state index contributed by atoms with van der Waals surface area (Å²) in [6.45, 7) is 1.23. The molecule has 196 valence electrons. The first kappa shape index (κ1) is 24.5. The Hall–Kier alpha value is -4.82. The number of nitrogens with two attached hydrogens (primary N) is 1. The second kappa shape index (κ2) is 9.49. The van der Waals surface area contributed by atoms with Gasteiger partial charge in [0.15, 0.2) is 5.82 Å². The summed E-state index contributed by atoms with van der Waals surface area (Å²) in [5.74, 6) is -1.08. The molecule has 0 aliphatic carbocycles. The van der Waals surface area contributed by atoms with Crippen LogP contribution in [-0.4, -0.2) is 48.8 Å². The molecule has 39 heavy (non-hydrogen) atoms. The van der Waals surface area contributed by atoms with E-state index in [4.69, 9.17) is 10.7 Å². The Labute approximate surface area is 222 Å². The van der Waals surface area contributed by atoms with Crippen molar-refractivity contribution in [3.63, 3.8) is 0 Å². The van der Waals surface area contributed by atoms with Gasteiger partial charge < -0.3 is 15.7 Å². The van der Waals surface area contributed by atoms with Crippen molar-refractivity contribution in [3.8, 4) is 39.9 Å². The van der Waals surface area contributed by atoms with Gasteiger partial charge in [-0.25, -0.2) is 13.8 Å². The number of fused-ring (bicyclic) bond motifs is 1. The van der Waals surface area contributed by atoms with Crippen molar-refractivity contribution in [1.29, 1.82) is 5.26 Å². The number of benzene rings is 2. The first-order valence-corrected chi connectivity index (χ1v) is 12.4. The molecule has 1 aliphatic rings. The Morgan fingerprint density at radius 2 is 1.79 bits per heavy atom. The molecule has 0 saturated carbocycles. The van der Waals surface area contributed by atoms with E-state index in [1.807, 2.05) is 6.07 Å². The standard InChI is InChI=1S/C28H24F2N8O/c1-36-15-24(34-35-36)38-14-23(21-4-2-3-16(12-31)27(21)39)25-26(37-7-5-20(32)6-8-37)22(13-33-28(25)38)17-9-18(29)11-19(30)10-17/h2-4,9-11,13-15,20,39H,5-8,32H2,1H3. The third kappa shape index (κ3) is 4.24. The number of aryl methyl sites for hydroxylation is 1. The Balaban J connectivity index is 1.73. The number of nitriles is 1. The summed E-state index contributed by atoms with van der Waals surface area (Å²) >= 11 is 0. The van der Waals surface area contributed by atoms with Gasteiger partial charge in [0.05, 0.1) is 22.8 Å². The van der Waals surface area contributed by atoms with Crippen molar-refractivity contribution in [2.45, 2.75) is 18.9 Å². The summed E-state index contributed by atoms with van der Waals surface area (Å²) in [6.07, 6.45) is 6.58. The predicted molar refractivity (Wildman–Crippen MR) is 142 cm³/mol. The van der Waals surface area contributed by atoms with Gasteiger partial charge in [-0.3, -0.25) is 9.25 Å². The number of halogens is 2. The molecule has 1 saturated heterocycles. The van der Waals surface area contributed by atoms with Gasteiger partial charge in [-0.1, -0.05) is 17.3 Å². The zero-order chi connectivity index (χ0) is 27.3. The molecule has 11 heteroatoms. The lowest BCUT2D eigenvalue weighted by Gasteiger charge is -2.34. The lowest BCUT2D eigenvalue weighted by atomic mass is 9.95. The van der Waals surface area contributed by atoms with Crippen molar-refractivity contribution in [1.82, 2.24) is 24.5 Å². The minimum absolute atomic E-state index is 0.0497. The summed E-state index contributed by atoms with van der Waals surface area (Å²) in [6, 6.07) is 10.4. The van der Waals surface area contributed by atoms with Crippen molar-refractivity contribution in [2.24, 2.45) is 12.8 Å². The van der Waals surface area contributed by atoms with E-state index >= 15 is 0 Å². The van der Waals surface area contributed by atoms with Gasteiger partial charge in [0.2, 0.25) is 0 Å².